The Morgan fingerprint density at radius 1 is 1.41 bits per heavy atom. The first kappa shape index (κ1) is 11.5. The number of nitrogens with zero attached hydrogens (tertiary/aromatic N) is 1. The van der Waals surface area contributed by atoms with Gasteiger partial charge >= 0.3 is 0 Å². The number of pyridine rings is 1. The van der Waals surface area contributed by atoms with E-state index in [4.69, 9.17) is 16.3 Å². The van der Waals surface area contributed by atoms with Crippen molar-refractivity contribution in [2.24, 2.45) is 0 Å². The van der Waals surface area contributed by atoms with Gasteiger partial charge in [0.25, 0.3) is 0 Å². The van der Waals surface area contributed by atoms with Gasteiger partial charge in [-0.15, -0.1) is 0 Å². The number of carbonyl (C=O) groups excluding carboxylic acids is 2. The molecular weight excluding hydrogens is 242 g/mol. The minimum Gasteiger partial charge on any atom is -0.484 e. The summed E-state index contributed by atoms with van der Waals surface area (Å²) in [4.78, 5) is 27.7. The second kappa shape index (κ2) is 4.51. The Morgan fingerprint density at radius 3 is 2.88 bits per heavy atom. The van der Waals surface area contributed by atoms with Crippen molar-refractivity contribution >= 4 is 23.2 Å². The molecule has 1 aliphatic rings. The Hall–Kier alpha value is -1.94. The molecule has 17 heavy (non-hydrogen) atoms. The van der Waals surface area contributed by atoms with Gasteiger partial charge < -0.3 is 4.74 Å². The second-order valence-corrected chi connectivity index (χ2v) is 3.68. The molecule has 0 bridgehead atoms. The van der Waals surface area contributed by atoms with Gasteiger partial charge in [-0.1, -0.05) is 24.3 Å². The van der Waals surface area contributed by atoms with E-state index in [1.807, 2.05) is 0 Å². The van der Waals surface area contributed by atoms with Gasteiger partial charge in [0.15, 0.2) is 5.76 Å². The minimum absolute atomic E-state index is 0.0703. The van der Waals surface area contributed by atoms with Crippen molar-refractivity contribution in [3.8, 4) is 0 Å². The zero-order valence-electron chi connectivity index (χ0n) is 8.77. The lowest BCUT2D eigenvalue weighted by molar-refractivity contribution is 0.0891. The summed E-state index contributed by atoms with van der Waals surface area (Å²) in [5.74, 6) is -1.09. The average Bonchev–Trinajstić information content (AvgIpc) is 2.36. The van der Waals surface area contributed by atoms with Crippen LogP contribution >= 0.6 is 11.6 Å². The van der Waals surface area contributed by atoms with Gasteiger partial charge in [0.2, 0.25) is 11.6 Å². The smallest absolute Gasteiger partial charge is 0.248 e. The SMILES string of the molecule is C=CCOC1=C(Cl)C(=O)c2cccnc2C1=O. The summed E-state index contributed by atoms with van der Waals surface area (Å²) in [6, 6.07) is 3.08. The van der Waals surface area contributed by atoms with Crippen molar-refractivity contribution < 1.29 is 14.3 Å². The third-order valence-corrected chi connectivity index (χ3v) is 2.56. The molecule has 0 saturated carbocycles. The lowest BCUT2D eigenvalue weighted by Gasteiger charge is -2.16. The fourth-order valence-electron chi connectivity index (χ4n) is 1.47. The van der Waals surface area contributed by atoms with Crippen LogP contribution in [0.25, 0.3) is 0 Å². The van der Waals surface area contributed by atoms with Crippen LogP contribution in [0.3, 0.4) is 0 Å². The third-order valence-electron chi connectivity index (χ3n) is 2.22. The first-order chi connectivity index (χ1) is 8.16. The van der Waals surface area contributed by atoms with Crippen LogP contribution in [0.1, 0.15) is 20.8 Å². The lowest BCUT2D eigenvalue weighted by Crippen LogP contribution is -2.22. The molecule has 0 aliphatic heterocycles. The quantitative estimate of drug-likeness (QED) is 0.770. The van der Waals surface area contributed by atoms with Crippen LogP contribution in [-0.4, -0.2) is 23.2 Å². The molecule has 0 aromatic carbocycles. The van der Waals surface area contributed by atoms with Gasteiger partial charge in [0.05, 0.1) is 5.56 Å². The molecule has 0 unspecified atom stereocenters. The molecule has 4 nitrogen and oxygen atoms in total. The highest BCUT2D eigenvalue weighted by Crippen LogP contribution is 2.27. The largest absolute Gasteiger partial charge is 0.484 e. The Labute approximate surface area is 103 Å². The summed E-state index contributed by atoms with van der Waals surface area (Å²) in [6.45, 7) is 3.56. The van der Waals surface area contributed by atoms with Crippen molar-refractivity contribution in [2.45, 2.75) is 0 Å². The summed E-state index contributed by atoms with van der Waals surface area (Å²) in [7, 11) is 0. The van der Waals surface area contributed by atoms with Crippen molar-refractivity contribution in [3.05, 3.63) is 53.0 Å². The summed E-state index contributed by atoms with van der Waals surface area (Å²) in [5.41, 5.74) is 0.273. The fourth-order valence-corrected chi connectivity index (χ4v) is 1.71. The summed E-state index contributed by atoms with van der Waals surface area (Å²) in [5, 5.41) is -0.211. The molecule has 0 spiro atoms. The first-order valence-corrected chi connectivity index (χ1v) is 5.22. The van der Waals surface area contributed by atoms with Crippen molar-refractivity contribution in [3.63, 3.8) is 0 Å². The molecule has 0 saturated heterocycles. The molecule has 1 heterocycles. The van der Waals surface area contributed by atoms with E-state index in [1.54, 1.807) is 6.07 Å². The lowest BCUT2D eigenvalue weighted by atomic mass is 9.98. The molecule has 1 aromatic heterocycles. The van der Waals surface area contributed by atoms with Gasteiger partial charge in [-0.25, -0.2) is 0 Å². The van der Waals surface area contributed by atoms with E-state index < -0.39 is 11.6 Å². The second-order valence-electron chi connectivity index (χ2n) is 3.30. The van der Waals surface area contributed by atoms with Crippen molar-refractivity contribution in [2.75, 3.05) is 6.61 Å². The number of rotatable bonds is 3. The van der Waals surface area contributed by atoms with E-state index in [0.717, 1.165) is 0 Å². The van der Waals surface area contributed by atoms with E-state index in [9.17, 15) is 9.59 Å². The maximum absolute atomic E-state index is 12.0. The average molecular weight is 250 g/mol. The highest BCUT2D eigenvalue weighted by molar-refractivity contribution is 6.49. The predicted octanol–water partition coefficient (Wildman–Crippen LogP) is 2.11. The van der Waals surface area contributed by atoms with E-state index >= 15 is 0 Å². The summed E-state index contributed by atoms with van der Waals surface area (Å²) < 4.78 is 5.10. The number of ketones is 2. The van der Waals surface area contributed by atoms with Gasteiger partial charge in [0.1, 0.15) is 17.3 Å². The molecule has 2 rings (SSSR count). The van der Waals surface area contributed by atoms with Gasteiger partial charge in [-0.2, -0.15) is 0 Å². The number of halogens is 1. The number of fused-ring (bicyclic) bond motifs is 1. The molecule has 1 aromatic rings. The standard InChI is InChI=1S/C12H8ClNO3/c1-2-6-17-12-8(13)10(15)7-4-3-5-14-9(7)11(12)16/h2-5H,1,6H2. The minimum atomic E-state index is -0.480. The van der Waals surface area contributed by atoms with Crippen LogP contribution in [0.2, 0.25) is 0 Å². The van der Waals surface area contributed by atoms with Gasteiger partial charge in [-0.3, -0.25) is 14.6 Å². The Kier molecular flexibility index (Phi) is 3.06. The Bertz CT molecular complexity index is 548. The van der Waals surface area contributed by atoms with Crippen LogP contribution in [-0.2, 0) is 4.74 Å². The van der Waals surface area contributed by atoms with Crippen molar-refractivity contribution in [1.82, 2.24) is 4.98 Å². The molecular formula is C12H8ClNO3. The van der Waals surface area contributed by atoms with Gasteiger partial charge in [-0.05, 0) is 12.1 Å². The number of ether oxygens (including phenoxy) is 1. The highest BCUT2D eigenvalue weighted by atomic mass is 35.5. The zero-order valence-corrected chi connectivity index (χ0v) is 9.53. The Morgan fingerprint density at radius 2 is 2.18 bits per heavy atom. The molecule has 0 fully saturated rings. The molecule has 0 amide bonds. The molecule has 86 valence electrons. The van der Waals surface area contributed by atoms with Crippen LogP contribution in [0.15, 0.2) is 41.8 Å². The molecule has 5 heteroatoms. The highest BCUT2D eigenvalue weighted by Gasteiger charge is 2.33. The van der Waals surface area contributed by atoms with Crippen LogP contribution < -0.4 is 0 Å². The summed E-state index contributed by atoms with van der Waals surface area (Å²) in [6.07, 6.45) is 2.90. The Balaban J connectivity index is 2.50. The number of carbonyl (C=O) groups is 2. The fraction of sp³-hybridized carbons (Fsp3) is 0.0833. The van der Waals surface area contributed by atoms with E-state index in [1.165, 1.54) is 18.3 Å². The van der Waals surface area contributed by atoms with E-state index in [0.29, 0.717) is 0 Å². The number of hydrogen-bond acceptors (Lipinski definition) is 4. The predicted molar refractivity (Wildman–Crippen MR) is 61.9 cm³/mol. The zero-order chi connectivity index (χ0) is 12.4. The molecule has 0 atom stereocenters. The number of allylic oxidation sites excluding steroid dienone is 2. The topological polar surface area (TPSA) is 56.3 Å². The van der Waals surface area contributed by atoms with Crippen LogP contribution in [0.4, 0.5) is 0 Å². The van der Waals surface area contributed by atoms with Crippen LogP contribution in [0.5, 0.6) is 0 Å². The van der Waals surface area contributed by atoms with Crippen molar-refractivity contribution in [1.29, 1.82) is 0 Å². The molecule has 0 radical (unpaired) electrons. The monoisotopic (exact) mass is 249 g/mol. The summed E-state index contributed by atoms with van der Waals surface area (Å²) >= 11 is 5.81. The number of aromatic nitrogens is 1. The first-order valence-electron chi connectivity index (χ1n) is 4.84. The number of Topliss-reactive ketones (excluding diaryl/α,β-unsaturated/α-hetero) is 2. The maximum atomic E-state index is 12.0. The van der Waals surface area contributed by atoms with E-state index in [2.05, 4.69) is 11.6 Å². The van der Waals surface area contributed by atoms with E-state index in [-0.39, 0.29) is 28.7 Å². The van der Waals surface area contributed by atoms with Crippen LogP contribution in [0, 0.1) is 0 Å². The molecule has 0 N–H and O–H groups in total. The number of hydrogen-bond donors (Lipinski definition) is 0. The third kappa shape index (κ3) is 1.87. The molecule has 1 aliphatic carbocycles. The maximum Gasteiger partial charge on any atom is 0.248 e. The normalized spacial score (nSPS) is 14.6. The van der Waals surface area contributed by atoms with Gasteiger partial charge in [0, 0.05) is 6.20 Å².